The fourth-order valence-corrected chi connectivity index (χ4v) is 5.85. The number of carbonyl (C=O) groups is 4. The lowest BCUT2D eigenvalue weighted by molar-refractivity contribution is -0.206. The number of rotatable bonds is 6. The molecule has 1 saturated carbocycles. The van der Waals surface area contributed by atoms with E-state index < -0.39 is 58.6 Å². The summed E-state index contributed by atoms with van der Waals surface area (Å²) in [6.45, 7) is 3.64. The van der Waals surface area contributed by atoms with E-state index in [0.717, 1.165) is 0 Å². The van der Waals surface area contributed by atoms with Crippen LogP contribution in [-0.2, 0) is 38.1 Å². The van der Waals surface area contributed by atoms with Gasteiger partial charge in [0.2, 0.25) is 0 Å². The van der Waals surface area contributed by atoms with Crippen molar-refractivity contribution in [2.24, 2.45) is 28.6 Å². The molecular formula is C23H30O9. The molecular weight excluding hydrogens is 420 g/mol. The van der Waals surface area contributed by atoms with E-state index in [1.807, 2.05) is 6.92 Å². The third kappa shape index (κ3) is 3.89. The largest absolute Gasteiger partial charge is 0.472 e. The van der Waals surface area contributed by atoms with Crippen LogP contribution in [0.1, 0.15) is 51.2 Å². The van der Waals surface area contributed by atoms with Crippen molar-refractivity contribution in [2.75, 3.05) is 21.3 Å². The van der Waals surface area contributed by atoms with Crippen molar-refractivity contribution in [3.63, 3.8) is 0 Å². The van der Waals surface area contributed by atoms with Gasteiger partial charge in [-0.05, 0) is 36.2 Å². The van der Waals surface area contributed by atoms with Crippen molar-refractivity contribution in [2.45, 2.75) is 45.6 Å². The van der Waals surface area contributed by atoms with Crippen LogP contribution in [0.25, 0.3) is 0 Å². The van der Waals surface area contributed by atoms with Crippen LogP contribution in [0.15, 0.2) is 23.0 Å². The van der Waals surface area contributed by atoms with Gasteiger partial charge in [-0.3, -0.25) is 19.2 Å². The molecule has 0 radical (unpaired) electrons. The second-order valence-electron chi connectivity index (χ2n) is 9.10. The Hall–Kier alpha value is -2.84. The predicted molar refractivity (Wildman–Crippen MR) is 109 cm³/mol. The highest BCUT2D eigenvalue weighted by Gasteiger charge is 2.65. The van der Waals surface area contributed by atoms with E-state index in [0.29, 0.717) is 24.8 Å². The summed E-state index contributed by atoms with van der Waals surface area (Å²) in [6, 6.07) is 1.71. The van der Waals surface area contributed by atoms with Crippen molar-refractivity contribution in [3.8, 4) is 0 Å². The second kappa shape index (κ2) is 8.96. The lowest BCUT2D eigenvalue weighted by Crippen LogP contribution is -2.60. The highest BCUT2D eigenvalue weighted by Crippen LogP contribution is 2.63. The number of esters is 4. The van der Waals surface area contributed by atoms with Crippen LogP contribution in [0.2, 0.25) is 0 Å². The van der Waals surface area contributed by atoms with Crippen molar-refractivity contribution in [1.29, 1.82) is 0 Å². The summed E-state index contributed by atoms with van der Waals surface area (Å²) < 4.78 is 25.8. The van der Waals surface area contributed by atoms with Gasteiger partial charge in [0.15, 0.2) is 0 Å². The molecule has 6 atom stereocenters. The number of ether oxygens (including phenoxy) is 4. The minimum atomic E-state index is -1.02. The number of hydrogen-bond donors (Lipinski definition) is 0. The first-order valence-corrected chi connectivity index (χ1v) is 10.6. The quantitative estimate of drug-likeness (QED) is 0.476. The van der Waals surface area contributed by atoms with E-state index in [4.69, 9.17) is 23.4 Å². The highest BCUT2D eigenvalue weighted by molar-refractivity contribution is 5.84. The summed E-state index contributed by atoms with van der Waals surface area (Å²) in [4.78, 5) is 51.3. The zero-order valence-electron chi connectivity index (χ0n) is 19.0. The maximum Gasteiger partial charge on any atom is 0.310 e. The van der Waals surface area contributed by atoms with Gasteiger partial charge in [-0.2, -0.15) is 0 Å². The monoisotopic (exact) mass is 450 g/mol. The van der Waals surface area contributed by atoms with Gasteiger partial charge in [0.05, 0.1) is 58.0 Å². The Balaban J connectivity index is 2.10. The molecule has 1 saturated heterocycles. The molecule has 0 N–H and O–H groups in total. The maximum atomic E-state index is 13.3. The first kappa shape index (κ1) is 23.8. The van der Waals surface area contributed by atoms with E-state index in [1.165, 1.54) is 33.9 Å². The van der Waals surface area contributed by atoms with Crippen LogP contribution >= 0.6 is 0 Å². The van der Waals surface area contributed by atoms with E-state index in [1.54, 1.807) is 13.0 Å². The molecule has 2 aliphatic rings. The van der Waals surface area contributed by atoms with Crippen LogP contribution in [0, 0.1) is 28.6 Å². The van der Waals surface area contributed by atoms with Gasteiger partial charge in [-0.25, -0.2) is 0 Å². The molecule has 1 aromatic rings. The fraction of sp³-hybridized carbons (Fsp3) is 0.652. The zero-order valence-corrected chi connectivity index (χ0v) is 19.0. The Morgan fingerprint density at radius 2 is 1.88 bits per heavy atom. The molecule has 32 heavy (non-hydrogen) atoms. The molecule has 176 valence electrons. The standard InChI is InChI=1S/C23H30O9/c1-22(15(19(25)29-4)10-17(24)28-3)8-6-14-20(26)32-16(13-7-9-31-12-13)11-23(14,2)18(22)21(27)30-5/h7,9,12,14-16,18H,6,8,10-11H2,1-5H3/t14-,15-,16-,18+,22?,23-/m0/s1. The summed E-state index contributed by atoms with van der Waals surface area (Å²) in [7, 11) is 3.75. The normalized spacial score (nSPS) is 32.8. The molecule has 1 aromatic heterocycles. The zero-order chi connectivity index (χ0) is 23.7. The second-order valence-corrected chi connectivity index (χ2v) is 9.10. The number of cyclic esters (lactones) is 1. The summed E-state index contributed by atoms with van der Waals surface area (Å²) in [6.07, 6.45) is 3.21. The summed E-state index contributed by atoms with van der Waals surface area (Å²) in [5, 5.41) is 0. The van der Waals surface area contributed by atoms with Crippen LogP contribution in [0.3, 0.4) is 0 Å². The topological polar surface area (TPSA) is 118 Å². The lowest BCUT2D eigenvalue weighted by Gasteiger charge is -2.57. The minimum absolute atomic E-state index is 0.247. The minimum Gasteiger partial charge on any atom is -0.472 e. The molecule has 9 heteroatoms. The Kier molecular flexibility index (Phi) is 6.67. The van der Waals surface area contributed by atoms with E-state index in [9.17, 15) is 19.2 Å². The number of fused-ring (bicyclic) bond motifs is 1. The Morgan fingerprint density at radius 3 is 2.44 bits per heavy atom. The Morgan fingerprint density at radius 1 is 1.16 bits per heavy atom. The van der Waals surface area contributed by atoms with Crippen molar-refractivity contribution in [3.05, 3.63) is 24.2 Å². The average molecular weight is 450 g/mol. The van der Waals surface area contributed by atoms with E-state index >= 15 is 0 Å². The van der Waals surface area contributed by atoms with Crippen molar-refractivity contribution < 1.29 is 42.5 Å². The summed E-state index contributed by atoms with van der Waals surface area (Å²) in [5.41, 5.74) is -1.22. The van der Waals surface area contributed by atoms with Crippen LogP contribution in [-0.4, -0.2) is 45.2 Å². The van der Waals surface area contributed by atoms with E-state index in [-0.39, 0.29) is 6.42 Å². The SMILES string of the molecule is COC(=O)C[C@@H](C(=O)OC)C1(C)CC[C@H]2C(=O)O[C@H](c3ccoc3)C[C@]2(C)[C@@H]1C(=O)OC. The third-order valence-electron chi connectivity index (χ3n) is 7.49. The smallest absolute Gasteiger partial charge is 0.310 e. The van der Waals surface area contributed by atoms with E-state index in [2.05, 4.69) is 0 Å². The molecule has 0 bridgehead atoms. The first-order chi connectivity index (χ1) is 15.1. The molecule has 9 nitrogen and oxygen atoms in total. The van der Waals surface area contributed by atoms with Gasteiger partial charge in [0.25, 0.3) is 0 Å². The first-order valence-electron chi connectivity index (χ1n) is 10.6. The maximum absolute atomic E-state index is 13.3. The fourth-order valence-electron chi connectivity index (χ4n) is 5.85. The van der Waals surface area contributed by atoms with Gasteiger partial charge >= 0.3 is 23.9 Å². The molecule has 3 rings (SSSR count). The van der Waals surface area contributed by atoms with Gasteiger partial charge in [-0.15, -0.1) is 0 Å². The molecule has 0 spiro atoms. The summed E-state index contributed by atoms with van der Waals surface area (Å²) >= 11 is 0. The molecule has 0 aromatic carbocycles. The molecule has 1 aliphatic heterocycles. The molecule has 0 amide bonds. The van der Waals surface area contributed by atoms with Crippen LogP contribution in [0.4, 0.5) is 0 Å². The van der Waals surface area contributed by atoms with Gasteiger partial charge in [0.1, 0.15) is 6.10 Å². The van der Waals surface area contributed by atoms with Crippen LogP contribution in [0.5, 0.6) is 0 Å². The molecule has 1 unspecified atom stereocenters. The Labute approximate surface area is 186 Å². The van der Waals surface area contributed by atoms with Gasteiger partial charge in [-0.1, -0.05) is 13.8 Å². The van der Waals surface area contributed by atoms with Gasteiger partial charge < -0.3 is 23.4 Å². The molecule has 2 fully saturated rings. The lowest BCUT2D eigenvalue weighted by atomic mass is 9.46. The van der Waals surface area contributed by atoms with Crippen molar-refractivity contribution in [1.82, 2.24) is 0 Å². The molecule has 2 heterocycles. The van der Waals surface area contributed by atoms with Crippen molar-refractivity contribution >= 4 is 23.9 Å². The average Bonchev–Trinajstić information content (AvgIpc) is 3.30. The van der Waals surface area contributed by atoms with Gasteiger partial charge in [0, 0.05) is 5.56 Å². The summed E-state index contributed by atoms with van der Waals surface area (Å²) in [5.74, 6) is -4.51. The number of methoxy groups -OCH3 is 3. The molecule has 1 aliphatic carbocycles. The number of carbonyl (C=O) groups excluding carboxylic acids is 4. The number of hydrogen-bond acceptors (Lipinski definition) is 9. The Bertz CT molecular complexity index is 876. The number of furan rings is 1. The van der Waals surface area contributed by atoms with Crippen LogP contribution < -0.4 is 0 Å². The predicted octanol–water partition coefficient (Wildman–Crippen LogP) is 2.83. The third-order valence-corrected chi connectivity index (χ3v) is 7.49. The highest BCUT2D eigenvalue weighted by atomic mass is 16.5.